The maximum absolute atomic E-state index is 12.8. The number of furan rings is 1. The van der Waals surface area contributed by atoms with E-state index in [0.29, 0.717) is 24.4 Å². The first kappa shape index (κ1) is 21.6. The molecule has 2 aromatic heterocycles. The van der Waals surface area contributed by atoms with Crippen molar-refractivity contribution in [3.05, 3.63) is 83.1 Å². The van der Waals surface area contributed by atoms with Crippen LogP contribution in [0.1, 0.15) is 39.5 Å². The van der Waals surface area contributed by atoms with Gasteiger partial charge in [-0.3, -0.25) is 14.4 Å². The summed E-state index contributed by atoms with van der Waals surface area (Å²) < 4.78 is 12.6. The number of nitrogens with zero attached hydrogens (tertiary/aromatic N) is 2. The van der Waals surface area contributed by atoms with Crippen molar-refractivity contribution in [3.63, 3.8) is 0 Å². The Balaban J connectivity index is 1.34. The highest BCUT2D eigenvalue weighted by atomic mass is 16.5. The minimum absolute atomic E-state index is 0.0827. The summed E-state index contributed by atoms with van der Waals surface area (Å²) in [6.45, 7) is 4.77. The molecule has 7 heteroatoms. The number of Topliss-reactive ketones (excluding diaryl/α,β-unsaturated/α-hetero) is 1. The standard InChI is InChI=1S/C25H26N2O5/c1-17-11-22(18(2)27(17)13-19-7-4-3-5-8-19)23(28)16-32-25(30)20-12-24(29)26(14-20)15-21-9-6-10-31-21/h3-11,20H,12-16H2,1-2H3/t20-/m0/s1. The molecule has 1 aliphatic rings. The van der Waals surface area contributed by atoms with Gasteiger partial charge >= 0.3 is 5.97 Å². The van der Waals surface area contributed by atoms with Gasteiger partial charge in [-0.1, -0.05) is 30.3 Å². The molecule has 1 saturated heterocycles. The molecular formula is C25H26N2O5. The third-order valence-corrected chi connectivity index (χ3v) is 5.88. The SMILES string of the molecule is Cc1cc(C(=O)COC(=O)[C@H]2CC(=O)N(Cc3ccco3)C2)c(C)n1Cc1ccccc1. The van der Waals surface area contributed by atoms with E-state index in [1.165, 1.54) is 0 Å². The predicted octanol–water partition coefficient (Wildman–Crippen LogP) is 3.52. The number of carbonyl (C=O) groups excluding carboxylic acids is 3. The lowest BCUT2D eigenvalue weighted by atomic mass is 10.1. The second-order valence-corrected chi connectivity index (χ2v) is 8.14. The van der Waals surface area contributed by atoms with Crippen LogP contribution in [0.2, 0.25) is 0 Å². The Hall–Kier alpha value is -3.61. The van der Waals surface area contributed by atoms with Gasteiger partial charge in [0.25, 0.3) is 0 Å². The maximum Gasteiger partial charge on any atom is 0.311 e. The summed E-state index contributed by atoms with van der Waals surface area (Å²) in [6, 6.07) is 15.4. The first-order valence-electron chi connectivity index (χ1n) is 10.6. The van der Waals surface area contributed by atoms with E-state index < -0.39 is 11.9 Å². The van der Waals surface area contributed by atoms with Crippen molar-refractivity contribution in [2.45, 2.75) is 33.4 Å². The topological polar surface area (TPSA) is 81.8 Å². The summed E-state index contributed by atoms with van der Waals surface area (Å²) in [4.78, 5) is 39.0. The normalized spacial score (nSPS) is 15.9. The second-order valence-electron chi connectivity index (χ2n) is 8.14. The lowest BCUT2D eigenvalue weighted by Crippen LogP contribution is -2.27. The van der Waals surface area contributed by atoms with Gasteiger partial charge in [0.2, 0.25) is 11.7 Å². The zero-order valence-electron chi connectivity index (χ0n) is 18.2. The molecule has 1 atom stereocenters. The van der Waals surface area contributed by atoms with Crippen LogP contribution >= 0.6 is 0 Å². The minimum atomic E-state index is -0.573. The molecule has 0 aliphatic carbocycles. The summed E-state index contributed by atoms with van der Waals surface area (Å²) in [6.07, 6.45) is 1.63. The van der Waals surface area contributed by atoms with Crippen LogP contribution in [0.3, 0.4) is 0 Å². The lowest BCUT2D eigenvalue weighted by molar-refractivity contribution is -0.147. The Labute approximate surface area is 186 Å². The number of esters is 1. The Morgan fingerprint density at radius 2 is 1.88 bits per heavy atom. The number of benzene rings is 1. The summed E-state index contributed by atoms with van der Waals surface area (Å²) >= 11 is 0. The van der Waals surface area contributed by atoms with Crippen molar-refractivity contribution < 1.29 is 23.5 Å². The van der Waals surface area contributed by atoms with Crippen LogP contribution < -0.4 is 0 Å². The molecule has 1 fully saturated rings. The molecule has 0 N–H and O–H groups in total. The highest BCUT2D eigenvalue weighted by Gasteiger charge is 2.36. The number of hydrogen-bond acceptors (Lipinski definition) is 5. The first-order valence-corrected chi connectivity index (χ1v) is 10.6. The number of hydrogen-bond donors (Lipinski definition) is 0. The molecule has 1 amide bonds. The van der Waals surface area contributed by atoms with Crippen molar-refractivity contribution in [1.82, 2.24) is 9.47 Å². The average molecular weight is 434 g/mol. The first-order chi connectivity index (χ1) is 15.4. The highest BCUT2D eigenvalue weighted by molar-refractivity contribution is 5.99. The van der Waals surface area contributed by atoms with Crippen LogP contribution in [0, 0.1) is 19.8 Å². The maximum atomic E-state index is 12.8. The number of likely N-dealkylation sites (tertiary alicyclic amines) is 1. The van der Waals surface area contributed by atoms with Gasteiger partial charge in [0.1, 0.15) is 5.76 Å². The van der Waals surface area contributed by atoms with E-state index in [4.69, 9.17) is 9.15 Å². The van der Waals surface area contributed by atoms with Gasteiger partial charge in [0, 0.05) is 36.5 Å². The van der Waals surface area contributed by atoms with Crippen LogP contribution in [0.15, 0.2) is 59.2 Å². The van der Waals surface area contributed by atoms with Gasteiger partial charge in [0.15, 0.2) is 6.61 Å². The molecule has 0 spiro atoms. The average Bonchev–Trinajstić information content (AvgIpc) is 3.50. The molecule has 7 nitrogen and oxygen atoms in total. The van der Waals surface area contributed by atoms with E-state index in [-0.39, 0.29) is 31.3 Å². The fourth-order valence-electron chi connectivity index (χ4n) is 4.10. The van der Waals surface area contributed by atoms with E-state index in [9.17, 15) is 14.4 Å². The van der Waals surface area contributed by atoms with E-state index in [2.05, 4.69) is 4.57 Å². The third-order valence-electron chi connectivity index (χ3n) is 5.88. The zero-order valence-corrected chi connectivity index (χ0v) is 18.2. The molecule has 0 unspecified atom stereocenters. The monoisotopic (exact) mass is 434 g/mol. The van der Waals surface area contributed by atoms with Gasteiger partial charge in [0.05, 0.1) is 18.7 Å². The summed E-state index contributed by atoms with van der Waals surface area (Å²) in [5.74, 6) is -0.808. The molecule has 4 rings (SSSR count). The number of ether oxygens (including phenoxy) is 1. The quantitative estimate of drug-likeness (QED) is 0.400. The predicted molar refractivity (Wildman–Crippen MR) is 117 cm³/mol. The van der Waals surface area contributed by atoms with Crippen LogP contribution in [-0.2, 0) is 27.4 Å². The number of aromatic nitrogens is 1. The minimum Gasteiger partial charge on any atom is -0.467 e. The molecule has 166 valence electrons. The van der Waals surface area contributed by atoms with Crippen molar-refractivity contribution >= 4 is 17.7 Å². The highest BCUT2D eigenvalue weighted by Crippen LogP contribution is 2.22. The second kappa shape index (κ2) is 9.26. The Morgan fingerprint density at radius 1 is 1.09 bits per heavy atom. The van der Waals surface area contributed by atoms with E-state index >= 15 is 0 Å². The largest absolute Gasteiger partial charge is 0.467 e. The Kier molecular flexibility index (Phi) is 6.25. The van der Waals surface area contributed by atoms with E-state index in [1.807, 2.05) is 50.2 Å². The number of rotatable bonds is 8. The third kappa shape index (κ3) is 4.66. The van der Waals surface area contributed by atoms with Gasteiger partial charge < -0.3 is 18.6 Å². The van der Waals surface area contributed by atoms with Crippen LogP contribution in [0.25, 0.3) is 0 Å². The Bertz CT molecular complexity index is 1110. The number of aryl methyl sites for hydroxylation is 1. The van der Waals surface area contributed by atoms with Gasteiger partial charge in [-0.05, 0) is 37.6 Å². The molecule has 0 saturated carbocycles. The number of amides is 1. The fraction of sp³-hybridized carbons (Fsp3) is 0.320. The smallest absolute Gasteiger partial charge is 0.311 e. The molecule has 1 aliphatic heterocycles. The summed E-state index contributed by atoms with van der Waals surface area (Å²) in [7, 11) is 0. The van der Waals surface area contributed by atoms with Crippen molar-refractivity contribution in [2.24, 2.45) is 5.92 Å². The van der Waals surface area contributed by atoms with Gasteiger partial charge in [-0.15, -0.1) is 0 Å². The molecule has 32 heavy (non-hydrogen) atoms. The lowest BCUT2D eigenvalue weighted by Gasteiger charge is -2.14. The van der Waals surface area contributed by atoms with Gasteiger partial charge in [-0.25, -0.2) is 0 Å². The van der Waals surface area contributed by atoms with Crippen LogP contribution in [0.5, 0.6) is 0 Å². The number of ketones is 1. The molecular weight excluding hydrogens is 408 g/mol. The van der Waals surface area contributed by atoms with E-state index in [1.54, 1.807) is 23.3 Å². The number of carbonyl (C=O) groups is 3. The summed E-state index contributed by atoms with van der Waals surface area (Å²) in [5, 5.41) is 0. The Morgan fingerprint density at radius 3 is 2.59 bits per heavy atom. The van der Waals surface area contributed by atoms with Gasteiger partial charge in [-0.2, -0.15) is 0 Å². The fourth-order valence-corrected chi connectivity index (χ4v) is 4.10. The molecule has 3 aromatic rings. The molecule has 0 bridgehead atoms. The zero-order chi connectivity index (χ0) is 22.7. The summed E-state index contributed by atoms with van der Waals surface area (Å²) in [5.41, 5.74) is 3.50. The molecule has 0 radical (unpaired) electrons. The van der Waals surface area contributed by atoms with Crippen LogP contribution in [-0.4, -0.2) is 40.3 Å². The van der Waals surface area contributed by atoms with Crippen LogP contribution in [0.4, 0.5) is 0 Å². The molecule has 1 aromatic carbocycles. The van der Waals surface area contributed by atoms with E-state index in [0.717, 1.165) is 17.0 Å². The van der Waals surface area contributed by atoms with Crippen molar-refractivity contribution in [2.75, 3.05) is 13.2 Å². The molecule has 3 heterocycles. The van der Waals surface area contributed by atoms with Crippen molar-refractivity contribution in [3.8, 4) is 0 Å². The van der Waals surface area contributed by atoms with Crippen molar-refractivity contribution in [1.29, 1.82) is 0 Å².